The van der Waals surface area contributed by atoms with Crippen LogP contribution >= 0.6 is 0 Å². The molecule has 0 aromatic heterocycles. The lowest BCUT2D eigenvalue weighted by atomic mass is 9.58. The van der Waals surface area contributed by atoms with E-state index < -0.39 is 11.3 Å². The van der Waals surface area contributed by atoms with Gasteiger partial charge in [-0.2, -0.15) is 15.8 Å². The fourth-order valence-electron chi connectivity index (χ4n) is 4.75. The maximum absolute atomic E-state index is 10.1. The third-order valence-corrected chi connectivity index (χ3v) is 6.15. The van der Waals surface area contributed by atoms with E-state index in [0.29, 0.717) is 13.1 Å². The average Bonchev–Trinajstić information content (AvgIpc) is 2.80. The highest BCUT2D eigenvalue weighted by Gasteiger charge is 2.54. The van der Waals surface area contributed by atoms with Gasteiger partial charge >= 0.3 is 0 Å². The van der Waals surface area contributed by atoms with E-state index in [1.165, 1.54) is 5.56 Å². The molecule has 2 N–H and O–H groups in total. The molecule has 2 atom stereocenters. The van der Waals surface area contributed by atoms with E-state index in [2.05, 4.69) is 35.2 Å². The quantitative estimate of drug-likeness (QED) is 0.861. The lowest BCUT2D eigenvalue weighted by Crippen LogP contribution is -2.47. The zero-order chi connectivity index (χ0) is 21.1. The van der Waals surface area contributed by atoms with Crippen LogP contribution in [0, 0.1) is 45.3 Å². The summed E-state index contributed by atoms with van der Waals surface area (Å²) in [4.78, 5) is 2.29. The van der Waals surface area contributed by atoms with Crippen LogP contribution in [0.15, 0.2) is 83.6 Å². The first-order valence-corrected chi connectivity index (χ1v) is 9.89. The van der Waals surface area contributed by atoms with Crippen molar-refractivity contribution in [3.63, 3.8) is 0 Å². The van der Waals surface area contributed by atoms with E-state index in [4.69, 9.17) is 5.73 Å². The Morgan fingerprint density at radius 2 is 1.60 bits per heavy atom. The van der Waals surface area contributed by atoms with Crippen LogP contribution in [0.3, 0.4) is 0 Å². The van der Waals surface area contributed by atoms with Crippen LogP contribution in [0.1, 0.15) is 17.0 Å². The number of allylic oxidation sites excluding steroid dienone is 2. The van der Waals surface area contributed by atoms with Crippen molar-refractivity contribution >= 4 is 0 Å². The van der Waals surface area contributed by atoms with Crippen molar-refractivity contribution in [2.75, 3.05) is 13.1 Å². The van der Waals surface area contributed by atoms with Crippen molar-refractivity contribution in [2.45, 2.75) is 12.5 Å². The molecule has 2 unspecified atom stereocenters. The molecule has 0 bridgehead atoms. The molecule has 30 heavy (non-hydrogen) atoms. The Bertz CT molecular complexity index is 1110. The van der Waals surface area contributed by atoms with E-state index in [1.807, 2.05) is 54.6 Å². The maximum atomic E-state index is 10.1. The molecule has 146 valence electrons. The number of nitrogens with zero attached hydrogens (tertiary/aromatic N) is 4. The Morgan fingerprint density at radius 3 is 2.20 bits per heavy atom. The smallest absolute Gasteiger partial charge is 0.191 e. The third-order valence-electron chi connectivity index (χ3n) is 6.15. The van der Waals surface area contributed by atoms with Crippen LogP contribution in [0.5, 0.6) is 0 Å². The van der Waals surface area contributed by atoms with Crippen molar-refractivity contribution in [2.24, 2.45) is 17.1 Å². The van der Waals surface area contributed by atoms with Gasteiger partial charge in [0, 0.05) is 31.5 Å². The van der Waals surface area contributed by atoms with Crippen LogP contribution in [0.2, 0.25) is 0 Å². The number of hydrogen-bond acceptors (Lipinski definition) is 5. The molecule has 1 aliphatic heterocycles. The highest BCUT2D eigenvalue weighted by atomic mass is 15.1. The molecule has 4 rings (SSSR count). The normalized spacial score (nSPS) is 22.8. The standard InChI is InChI=1S/C25H21N5/c26-13-21-20-11-12-30(14-18-7-3-1-4-8-18)15-22(20)23(19-9-5-2-6-10-19)25(16-27,17-28)24(21)29/h1-11,22-23H,12,14-15,29H2. The minimum Gasteiger partial charge on any atom is -0.399 e. The van der Waals surface area contributed by atoms with Gasteiger partial charge in [0.15, 0.2) is 5.41 Å². The van der Waals surface area contributed by atoms with E-state index in [1.54, 1.807) is 0 Å². The van der Waals surface area contributed by atoms with E-state index in [9.17, 15) is 15.8 Å². The molecule has 1 heterocycles. The largest absolute Gasteiger partial charge is 0.399 e. The number of fused-ring (bicyclic) bond motifs is 1. The molecule has 2 aromatic carbocycles. The zero-order valence-electron chi connectivity index (χ0n) is 16.5. The highest BCUT2D eigenvalue weighted by Crippen LogP contribution is 2.54. The van der Waals surface area contributed by atoms with Gasteiger partial charge in [0.1, 0.15) is 6.07 Å². The number of nitrogens with two attached hydrogens (primary N) is 1. The van der Waals surface area contributed by atoms with Gasteiger partial charge in [-0.15, -0.1) is 0 Å². The summed E-state index contributed by atoms with van der Waals surface area (Å²) < 4.78 is 0. The molecule has 0 radical (unpaired) electrons. The first-order valence-electron chi connectivity index (χ1n) is 9.89. The molecule has 0 fully saturated rings. The summed E-state index contributed by atoms with van der Waals surface area (Å²) in [5.41, 5.74) is 8.06. The fourth-order valence-corrected chi connectivity index (χ4v) is 4.75. The molecular weight excluding hydrogens is 370 g/mol. The first-order chi connectivity index (χ1) is 14.6. The second-order valence-electron chi connectivity index (χ2n) is 7.77. The summed E-state index contributed by atoms with van der Waals surface area (Å²) in [5.74, 6) is -0.623. The molecular formula is C25H21N5. The lowest BCUT2D eigenvalue weighted by molar-refractivity contribution is 0.201. The van der Waals surface area contributed by atoms with Crippen molar-refractivity contribution in [1.82, 2.24) is 4.90 Å². The second-order valence-corrected chi connectivity index (χ2v) is 7.77. The number of nitriles is 3. The highest BCUT2D eigenvalue weighted by molar-refractivity contribution is 5.59. The van der Waals surface area contributed by atoms with Crippen LogP contribution in [0.25, 0.3) is 0 Å². The summed E-state index contributed by atoms with van der Waals surface area (Å²) in [7, 11) is 0. The van der Waals surface area contributed by atoms with Crippen LogP contribution < -0.4 is 5.73 Å². The molecule has 0 amide bonds. The Kier molecular flexibility index (Phi) is 5.11. The summed E-state index contributed by atoms with van der Waals surface area (Å²) in [6.07, 6.45) is 2.04. The van der Waals surface area contributed by atoms with Gasteiger partial charge in [-0.25, -0.2) is 0 Å². The van der Waals surface area contributed by atoms with Gasteiger partial charge < -0.3 is 5.73 Å². The molecule has 2 aromatic rings. The summed E-state index contributed by atoms with van der Waals surface area (Å²) >= 11 is 0. The van der Waals surface area contributed by atoms with Crippen LogP contribution in [-0.2, 0) is 6.54 Å². The Hall–Kier alpha value is -3.85. The lowest BCUT2D eigenvalue weighted by Gasteiger charge is -2.45. The minimum atomic E-state index is -1.58. The molecule has 2 aliphatic rings. The Balaban J connectivity index is 1.83. The Morgan fingerprint density at radius 1 is 0.967 bits per heavy atom. The molecule has 1 aliphatic carbocycles. The SMILES string of the molecule is N#CC1=C(N)C(C#N)(C#N)C(c2ccccc2)C2CN(Cc3ccccc3)CC=C12. The maximum Gasteiger partial charge on any atom is 0.191 e. The number of hydrogen-bond donors (Lipinski definition) is 1. The Labute approximate surface area is 176 Å². The molecule has 0 spiro atoms. The predicted octanol–water partition coefficient (Wildman–Crippen LogP) is 3.61. The van der Waals surface area contributed by atoms with Gasteiger partial charge in [-0.05, 0) is 16.7 Å². The molecule has 5 heteroatoms. The average molecular weight is 391 g/mol. The zero-order valence-corrected chi connectivity index (χ0v) is 16.5. The second kappa shape index (κ2) is 7.88. The van der Waals surface area contributed by atoms with Gasteiger partial charge in [0.05, 0.1) is 23.4 Å². The summed E-state index contributed by atoms with van der Waals surface area (Å²) in [6, 6.07) is 26.3. The van der Waals surface area contributed by atoms with Gasteiger partial charge in [0.25, 0.3) is 0 Å². The summed E-state index contributed by atoms with van der Waals surface area (Å²) in [5, 5.41) is 30.1. The third kappa shape index (κ3) is 3.05. The first kappa shape index (κ1) is 19.5. The van der Waals surface area contributed by atoms with Gasteiger partial charge in [-0.1, -0.05) is 66.7 Å². The van der Waals surface area contributed by atoms with Crippen LogP contribution in [-0.4, -0.2) is 18.0 Å². The summed E-state index contributed by atoms with van der Waals surface area (Å²) in [6.45, 7) is 2.09. The minimum absolute atomic E-state index is 0.0721. The van der Waals surface area contributed by atoms with Crippen molar-refractivity contribution in [1.29, 1.82) is 15.8 Å². The number of benzene rings is 2. The van der Waals surface area contributed by atoms with Gasteiger partial charge in [0.2, 0.25) is 0 Å². The molecule has 0 saturated carbocycles. The monoisotopic (exact) mass is 391 g/mol. The van der Waals surface area contributed by atoms with Crippen LogP contribution in [0.4, 0.5) is 0 Å². The molecule has 0 saturated heterocycles. The van der Waals surface area contributed by atoms with E-state index in [-0.39, 0.29) is 17.2 Å². The topological polar surface area (TPSA) is 101 Å². The predicted molar refractivity (Wildman–Crippen MR) is 113 cm³/mol. The van der Waals surface area contributed by atoms with E-state index in [0.717, 1.165) is 17.7 Å². The van der Waals surface area contributed by atoms with Gasteiger partial charge in [-0.3, -0.25) is 4.90 Å². The van der Waals surface area contributed by atoms with Crippen molar-refractivity contribution < 1.29 is 0 Å². The fraction of sp³-hybridized carbons (Fsp3) is 0.240. The number of rotatable bonds is 3. The van der Waals surface area contributed by atoms with E-state index >= 15 is 0 Å². The van der Waals surface area contributed by atoms with Crippen molar-refractivity contribution in [3.05, 3.63) is 94.7 Å². The molecule has 5 nitrogen and oxygen atoms in total. The van der Waals surface area contributed by atoms with Crippen molar-refractivity contribution in [3.8, 4) is 18.2 Å².